The Hall–Kier alpha value is -1.06. The molecule has 0 saturated carbocycles. The van der Waals surface area contributed by atoms with Crippen molar-refractivity contribution in [2.45, 2.75) is 39.8 Å². The molecule has 1 aliphatic rings. The van der Waals surface area contributed by atoms with Crippen LogP contribution in [-0.2, 0) is 0 Å². The molecule has 0 aromatic heterocycles. The van der Waals surface area contributed by atoms with E-state index in [9.17, 15) is 0 Å². The number of rotatable bonds is 4. The molecule has 1 heterocycles. The van der Waals surface area contributed by atoms with Gasteiger partial charge in [-0.25, -0.2) is 0 Å². The fraction of sp³-hybridized carbons (Fsp3) is 0.625. The van der Waals surface area contributed by atoms with Crippen LogP contribution >= 0.6 is 0 Å². The maximum absolute atomic E-state index is 5.88. The van der Waals surface area contributed by atoms with Gasteiger partial charge in [0.05, 0.1) is 0 Å². The standard InChI is InChI=1S/C16H26N2O/c1-12-7-13(2)9-16(8-12)19-6-5-18-10-14(3)17-15(4)11-18/h7-9,14-15,17H,5-6,10-11H2,1-4H3. The maximum atomic E-state index is 5.88. The largest absolute Gasteiger partial charge is 0.492 e. The van der Waals surface area contributed by atoms with Crippen LogP contribution in [0.3, 0.4) is 0 Å². The topological polar surface area (TPSA) is 24.5 Å². The minimum absolute atomic E-state index is 0.574. The van der Waals surface area contributed by atoms with Crippen LogP contribution in [0.5, 0.6) is 5.75 Å². The van der Waals surface area contributed by atoms with Crippen molar-refractivity contribution in [2.24, 2.45) is 0 Å². The van der Waals surface area contributed by atoms with E-state index in [4.69, 9.17) is 4.74 Å². The summed E-state index contributed by atoms with van der Waals surface area (Å²) in [5, 5.41) is 3.55. The van der Waals surface area contributed by atoms with Crippen LogP contribution in [0.25, 0.3) is 0 Å². The molecule has 2 rings (SSSR count). The van der Waals surface area contributed by atoms with Crippen molar-refractivity contribution in [3.05, 3.63) is 29.3 Å². The zero-order chi connectivity index (χ0) is 13.8. The SMILES string of the molecule is Cc1cc(C)cc(OCCN2CC(C)NC(C)C2)c1. The number of nitrogens with one attached hydrogen (secondary N) is 1. The highest BCUT2D eigenvalue weighted by atomic mass is 16.5. The first kappa shape index (κ1) is 14.4. The van der Waals surface area contributed by atoms with Gasteiger partial charge in [-0.05, 0) is 51.0 Å². The van der Waals surface area contributed by atoms with Gasteiger partial charge in [0.2, 0.25) is 0 Å². The Labute approximate surface area is 116 Å². The Morgan fingerprint density at radius 3 is 2.26 bits per heavy atom. The van der Waals surface area contributed by atoms with Crippen LogP contribution in [0, 0.1) is 13.8 Å². The zero-order valence-electron chi connectivity index (χ0n) is 12.6. The normalized spacial score (nSPS) is 24.4. The minimum Gasteiger partial charge on any atom is -0.492 e. The summed E-state index contributed by atoms with van der Waals surface area (Å²) >= 11 is 0. The molecule has 2 atom stereocenters. The predicted octanol–water partition coefficient (Wildman–Crippen LogP) is 2.36. The number of benzene rings is 1. The molecule has 3 heteroatoms. The lowest BCUT2D eigenvalue weighted by molar-refractivity contribution is 0.146. The molecule has 1 N–H and O–H groups in total. The predicted molar refractivity (Wildman–Crippen MR) is 79.9 cm³/mol. The van der Waals surface area contributed by atoms with Gasteiger partial charge in [0.25, 0.3) is 0 Å². The van der Waals surface area contributed by atoms with Gasteiger partial charge in [-0.1, -0.05) is 6.07 Å². The maximum Gasteiger partial charge on any atom is 0.119 e. The van der Waals surface area contributed by atoms with Crippen molar-refractivity contribution < 1.29 is 4.74 Å². The van der Waals surface area contributed by atoms with Crippen molar-refractivity contribution in [2.75, 3.05) is 26.2 Å². The van der Waals surface area contributed by atoms with Gasteiger partial charge in [-0.3, -0.25) is 4.90 Å². The number of ether oxygens (including phenoxy) is 1. The molecule has 0 spiro atoms. The fourth-order valence-corrected chi connectivity index (χ4v) is 2.93. The van der Waals surface area contributed by atoms with Gasteiger partial charge in [-0.15, -0.1) is 0 Å². The molecule has 1 saturated heterocycles. The highest BCUT2D eigenvalue weighted by molar-refractivity contribution is 5.32. The third-order valence-electron chi connectivity index (χ3n) is 3.50. The van der Waals surface area contributed by atoms with E-state index in [-0.39, 0.29) is 0 Å². The van der Waals surface area contributed by atoms with Crippen LogP contribution in [-0.4, -0.2) is 43.2 Å². The molecule has 0 radical (unpaired) electrons. The van der Waals surface area contributed by atoms with Crippen LogP contribution < -0.4 is 10.1 Å². The highest BCUT2D eigenvalue weighted by Gasteiger charge is 2.20. The average molecular weight is 262 g/mol. The second-order valence-corrected chi connectivity index (χ2v) is 5.90. The fourth-order valence-electron chi connectivity index (χ4n) is 2.93. The Morgan fingerprint density at radius 1 is 1.11 bits per heavy atom. The second-order valence-electron chi connectivity index (χ2n) is 5.90. The summed E-state index contributed by atoms with van der Waals surface area (Å²) in [7, 11) is 0. The van der Waals surface area contributed by atoms with E-state index in [0.717, 1.165) is 32.0 Å². The van der Waals surface area contributed by atoms with Crippen molar-refractivity contribution in [1.82, 2.24) is 10.2 Å². The first-order chi connectivity index (χ1) is 9.02. The molecule has 0 aliphatic carbocycles. The van der Waals surface area contributed by atoms with Gasteiger partial charge >= 0.3 is 0 Å². The summed E-state index contributed by atoms with van der Waals surface area (Å²) in [4.78, 5) is 2.48. The van der Waals surface area contributed by atoms with Crippen molar-refractivity contribution in [3.8, 4) is 5.75 Å². The van der Waals surface area contributed by atoms with E-state index in [1.54, 1.807) is 0 Å². The van der Waals surface area contributed by atoms with Gasteiger partial charge in [0.1, 0.15) is 12.4 Å². The van der Waals surface area contributed by atoms with E-state index in [2.05, 4.69) is 56.1 Å². The van der Waals surface area contributed by atoms with E-state index in [0.29, 0.717) is 12.1 Å². The Balaban J connectivity index is 1.79. The number of hydrogen-bond acceptors (Lipinski definition) is 3. The van der Waals surface area contributed by atoms with Crippen molar-refractivity contribution in [1.29, 1.82) is 0 Å². The molecule has 0 bridgehead atoms. The van der Waals surface area contributed by atoms with Gasteiger partial charge in [0, 0.05) is 31.7 Å². The molecule has 0 amide bonds. The lowest BCUT2D eigenvalue weighted by Gasteiger charge is -2.35. The van der Waals surface area contributed by atoms with Crippen LogP contribution in [0.4, 0.5) is 0 Å². The Morgan fingerprint density at radius 2 is 1.68 bits per heavy atom. The smallest absolute Gasteiger partial charge is 0.119 e. The Bertz CT molecular complexity index is 389. The molecule has 2 unspecified atom stereocenters. The van der Waals surface area contributed by atoms with Crippen molar-refractivity contribution in [3.63, 3.8) is 0 Å². The third kappa shape index (κ3) is 4.51. The summed E-state index contributed by atoms with van der Waals surface area (Å²) in [5.74, 6) is 0.994. The number of piperazine rings is 1. The molecular weight excluding hydrogens is 236 g/mol. The summed E-state index contributed by atoms with van der Waals surface area (Å²) in [6, 6.07) is 7.54. The molecule has 1 aliphatic heterocycles. The molecule has 19 heavy (non-hydrogen) atoms. The lowest BCUT2D eigenvalue weighted by atomic mass is 10.1. The third-order valence-corrected chi connectivity index (χ3v) is 3.50. The number of aryl methyl sites for hydroxylation is 2. The van der Waals surface area contributed by atoms with Crippen LogP contribution in [0.15, 0.2) is 18.2 Å². The van der Waals surface area contributed by atoms with E-state index < -0.39 is 0 Å². The van der Waals surface area contributed by atoms with Crippen molar-refractivity contribution >= 4 is 0 Å². The first-order valence-corrected chi connectivity index (χ1v) is 7.22. The zero-order valence-corrected chi connectivity index (χ0v) is 12.6. The molecule has 1 fully saturated rings. The van der Waals surface area contributed by atoms with Crippen LogP contribution in [0.1, 0.15) is 25.0 Å². The summed E-state index contributed by atoms with van der Waals surface area (Å²) in [6.07, 6.45) is 0. The van der Waals surface area contributed by atoms with Gasteiger partial charge in [0.15, 0.2) is 0 Å². The van der Waals surface area contributed by atoms with Crippen LogP contribution in [0.2, 0.25) is 0 Å². The van der Waals surface area contributed by atoms with Gasteiger partial charge in [-0.2, -0.15) is 0 Å². The highest BCUT2D eigenvalue weighted by Crippen LogP contribution is 2.16. The molecular formula is C16H26N2O. The minimum atomic E-state index is 0.574. The average Bonchev–Trinajstić information content (AvgIpc) is 2.26. The lowest BCUT2D eigenvalue weighted by Crippen LogP contribution is -2.54. The molecule has 1 aromatic carbocycles. The number of nitrogens with zero attached hydrogens (tertiary/aromatic N) is 1. The molecule has 106 valence electrons. The summed E-state index contributed by atoms with van der Waals surface area (Å²) in [5.41, 5.74) is 2.53. The first-order valence-electron chi connectivity index (χ1n) is 7.22. The van der Waals surface area contributed by atoms with E-state index >= 15 is 0 Å². The Kier molecular flexibility index (Phi) is 4.83. The molecule has 1 aromatic rings. The summed E-state index contributed by atoms with van der Waals surface area (Å²) < 4.78 is 5.88. The second kappa shape index (κ2) is 6.40. The van der Waals surface area contributed by atoms with E-state index in [1.807, 2.05) is 0 Å². The molecule has 3 nitrogen and oxygen atoms in total. The monoisotopic (exact) mass is 262 g/mol. The quantitative estimate of drug-likeness (QED) is 0.901. The van der Waals surface area contributed by atoms with Gasteiger partial charge < -0.3 is 10.1 Å². The number of hydrogen-bond donors (Lipinski definition) is 1. The van der Waals surface area contributed by atoms with E-state index in [1.165, 1.54) is 11.1 Å². The summed E-state index contributed by atoms with van der Waals surface area (Å²) in [6.45, 7) is 12.7.